The number of alkyl carbamates (subject to hydrolysis) is 2. The first kappa shape index (κ1) is 48.6. The van der Waals surface area contributed by atoms with Crippen LogP contribution in [0.2, 0.25) is 0 Å². The molecule has 18 heteroatoms. The molecule has 4 amide bonds. The van der Waals surface area contributed by atoms with Crippen LogP contribution in [0.3, 0.4) is 0 Å². The summed E-state index contributed by atoms with van der Waals surface area (Å²) in [5.41, 5.74) is 5.36. The summed E-state index contributed by atoms with van der Waals surface area (Å²) in [6, 6.07) is 12.3. The molecule has 5 aromatic rings. The van der Waals surface area contributed by atoms with Gasteiger partial charge in [-0.05, 0) is 117 Å². The van der Waals surface area contributed by atoms with Gasteiger partial charge in [0.25, 0.3) is 0 Å². The molecule has 4 saturated heterocycles. The molecule has 0 unspecified atom stereocenters. The number of fused-ring (bicyclic) bond motifs is 2. The van der Waals surface area contributed by atoms with E-state index in [2.05, 4.69) is 44.6 Å². The molecule has 9 rings (SSSR count). The number of imidazole rings is 2. The molecule has 70 heavy (non-hydrogen) atoms. The molecule has 4 aliphatic rings. The Morgan fingerprint density at radius 1 is 0.629 bits per heavy atom. The number of amides is 4. The summed E-state index contributed by atoms with van der Waals surface area (Å²) < 4.78 is 42.6. The van der Waals surface area contributed by atoms with Crippen molar-refractivity contribution in [1.29, 1.82) is 0 Å². The summed E-state index contributed by atoms with van der Waals surface area (Å²) in [6.45, 7) is 11.9. The molecule has 4 fully saturated rings. The number of piperidine rings is 1. The van der Waals surface area contributed by atoms with Crippen LogP contribution in [-0.4, -0.2) is 106 Å². The van der Waals surface area contributed by atoms with Gasteiger partial charge in [0.15, 0.2) is 11.6 Å². The molecule has 0 bridgehead atoms. The summed E-state index contributed by atoms with van der Waals surface area (Å²) in [5, 5.41) is 5.42. The molecule has 16 nitrogen and oxygen atoms in total. The van der Waals surface area contributed by atoms with Crippen LogP contribution in [0.1, 0.15) is 133 Å². The Balaban J connectivity index is 1.04. The number of benzene rings is 3. The highest BCUT2D eigenvalue weighted by Crippen LogP contribution is 2.49. The molecule has 374 valence electrons. The first-order chi connectivity index (χ1) is 33.6. The maximum absolute atomic E-state index is 16.5. The average molecular weight is 965 g/mol. The van der Waals surface area contributed by atoms with Crippen LogP contribution in [0.4, 0.5) is 29.7 Å². The lowest BCUT2D eigenvalue weighted by molar-refractivity contribution is -0.136. The second kappa shape index (κ2) is 20.1. The second-order valence-corrected chi connectivity index (χ2v) is 20.3. The quantitative estimate of drug-likeness (QED) is 0.0942. The van der Waals surface area contributed by atoms with Gasteiger partial charge in [0, 0.05) is 31.9 Å². The molecule has 4 N–H and O–H groups in total. The number of nitrogens with zero attached hydrogens (tertiary/aromatic N) is 6. The number of aromatic amines is 2. The van der Waals surface area contributed by atoms with Crippen molar-refractivity contribution < 1.29 is 37.4 Å². The van der Waals surface area contributed by atoms with Crippen molar-refractivity contribution in [1.82, 2.24) is 40.4 Å². The standard InChI is InChI=1S/C52H66F2N10O6/c1-28(2)44(59-51(67)69-6)49(65)62-20-8-10-42(62)47-55-36-14-12-31(24-38(36)57-47)40-16-17-41(64(40)33-26-34(53)46(35(54)27-33)61-22-18-30(5)19-23-61)32-13-15-37-39(25-32)58-48(56-37)43-11-9-21-63(43)50(66)45(29(3)4)60-52(68)70-7/h12-15,24-30,40-45H,8-11,16-23H2,1-7H3,(H,55,57)(H,56,58)(H,59,67)(H,60,68)/t40-,41-,42+,43+,44+,45+/m1/s1. The number of hydrogen-bond acceptors (Lipinski definition) is 10. The number of halogens is 2. The van der Waals surface area contributed by atoms with E-state index in [-0.39, 0.29) is 53.5 Å². The molecule has 0 radical (unpaired) electrons. The summed E-state index contributed by atoms with van der Waals surface area (Å²) in [7, 11) is 2.55. The van der Waals surface area contributed by atoms with Crippen LogP contribution in [0.25, 0.3) is 22.1 Å². The predicted octanol–water partition coefficient (Wildman–Crippen LogP) is 9.12. The van der Waals surface area contributed by atoms with Crippen LogP contribution in [0, 0.1) is 29.4 Å². The Kier molecular flexibility index (Phi) is 13.9. The minimum absolute atomic E-state index is 0.0150. The first-order valence-electron chi connectivity index (χ1n) is 24.9. The highest BCUT2D eigenvalue weighted by molar-refractivity contribution is 5.88. The third kappa shape index (κ3) is 9.44. The summed E-state index contributed by atoms with van der Waals surface area (Å²) in [4.78, 5) is 76.8. The Hall–Kier alpha value is -6.46. The smallest absolute Gasteiger partial charge is 0.407 e. The van der Waals surface area contributed by atoms with E-state index in [1.165, 1.54) is 26.4 Å². The molecule has 0 aliphatic carbocycles. The number of methoxy groups -OCH3 is 2. The molecular formula is C52H66F2N10O6. The van der Waals surface area contributed by atoms with Gasteiger partial charge in [-0.1, -0.05) is 46.8 Å². The van der Waals surface area contributed by atoms with E-state index in [1.54, 1.807) is 9.80 Å². The summed E-state index contributed by atoms with van der Waals surface area (Å²) >= 11 is 0. The lowest BCUT2D eigenvalue weighted by Crippen LogP contribution is -2.51. The Labute approximate surface area is 407 Å². The minimum Gasteiger partial charge on any atom is -0.453 e. The summed E-state index contributed by atoms with van der Waals surface area (Å²) in [5.74, 6) is -0.101. The van der Waals surface area contributed by atoms with Gasteiger partial charge in [-0.25, -0.2) is 28.3 Å². The van der Waals surface area contributed by atoms with Gasteiger partial charge in [0.1, 0.15) is 29.4 Å². The number of hydrogen-bond donors (Lipinski definition) is 4. The van der Waals surface area contributed by atoms with Gasteiger partial charge in [0.2, 0.25) is 11.8 Å². The zero-order valence-electron chi connectivity index (χ0n) is 41.2. The number of anilines is 2. The second-order valence-electron chi connectivity index (χ2n) is 20.3. The van der Waals surface area contributed by atoms with Crippen LogP contribution >= 0.6 is 0 Å². The van der Waals surface area contributed by atoms with Gasteiger partial charge >= 0.3 is 12.2 Å². The van der Waals surface area contributed by atoms with E-state index in [9.17, 15) is 19.2 Å². The normalized spacial score (nSPS) is 21.9. The van der Waals surface area contributed by atoms with Crippen LogP contribution in [0.5, 0.6) is 0 Å². The molecule has 0 spiro atoms. The molecular weight excluding hydrogens is 899 g/mol. The molecule has 6 heterocycles. The predicted molar refractivity (Wildman–Crippen MR) is 262 cm³/mol. The van der Waals surface area contributed by atoms with Crippen molar-refractivity contribution in [3.8, 4) is 0 Å². The van der Waals surface area contributed by atoms with Gasteiger partial charge in [-0.2, -0.15) is 0 Å². The molecule has 2 aromatic heterocycles. The fourth-order valence-corrected chi connectivity index (χ4v) is 11.3. The fraction of sp³-hybridized carbons (Fsp3) is 0.538. The Morgan fingerprint density at radius 3 is 1.49 bits per heavy atom. The van der Waals surface area contributed by atoms with Crippen molar-refractivity contribution in [2.75, 3.05) is 50.2 Å². The maximum atomic E-state index is 16.5. The molecule has 3 aromatic carbocycles. The summed E-state index contributed by atoms with van der Waals surface area (Å²) in [6.07, 6.45) is 4.75. The highest BCUT2D eigenvalue weighted by atomic mass is 19.1. The maximum Gasteiger partial charge on any atom is 0.407 e. The van der Waals surface area contributed by atoms with E-state index >= 15 is 8.78 Å². The third-order valence-electron chi connectivity index (χ3n) is 15.1. The number of ether oxygens (including phenoxy) is 2. The van der Waals surface area contributed by atoms with E-state index in [0.717, 1.165) is 58.9 Å². The Bertz CT molecular complexity index is 2580. The average Bonchev–Trinajstić information content (AvgIpc) is 4.20. The number of aromatic nitrogens is 4. The van der Waals surface area contributed by atoms with E-state index in [0.29, 0.717) is 75.1 Å². The number of nitrogens with one attached hydrogen (secondary N) is 4. The molecule has 4 aliphatic heterocycles. The van der Waals surface area contributed by atoms with E-state index in [1.807, 2.05) is 56.9 Å². The van der Waals surface area contributed by atoms with Gasteiger partial charge in [-0.3, -0.25) is 9.59 Å². The highest BCUT2D eigenvalue weighted by Gasteiger charge is 2.41. The molecule has 0 saturated carbocycles. The van der Waals surface area contributed by atoms with Crippen LogP contribution in [0.15, 0.2) is 48.5 Å². The topological polar surface area (TPSA) is 181 Å². The zero-order chi connectivity index (χ0) is 49.5. The third-order valence-corrected chi connectivity index (χ3v) is 15.1. The van der Waals surface area contributed by atoms with Crippen molar-refractivity contribution >= 4 is 57.4 Å². The lowest BCUT2D eigenvalue weighted by Gasteiger charge is -2.35. The Morgan fingerprint density at radius 2 is 1.07 bits per heavy atom. The van der Waals surface area contributed by atoms with Crippen molar-refractivity contribution in [2.45, 2.75) is 122 Å². The largest absolute Gasteiger partial charge is 0.453 e. The van der Waals surface area contributed by atoms with E-state index < -0.39 is 35.9 Å². The lowest BCUT2D eigenvalue weighted by atomic mass is 9.98. The number of likely N-dealkylation sites (tertiary alicyclic amines) is 2. The number of carbonyl (C=O) groups excluding carboxylic acids is 4. The number of carbonyl (C=O) groups is 4. The number of H-pyrrole nitrogens is 2. The van der Waals surface area contributed by atoms with Crippen LogP contribution < -0.4 is 20.4 Å². The fourth-order valence-electron chi connectivity index (χ4n) is 11.3. The monoisotopic (exact) mass is 965 g/mol. The minimum atomic E-state index is -0.761. The van der Waals surface area contributed by atoms with Crippen molar-refractivity contribution in [2.24, 2.45) is 17.8 Å². The molecule has 6 atom stereocenters. The zero-order valence-corrected chi connectivity index (χ0v) is 41.2. The first-order valence-corrected chi connectivity index (χ1v) is 24.9. The van der Waals surface area contributed by atoms with Crippen molar-refractivity contribution in [3.63, 3.8) is 0 Å². The van der Waals surface area contributed by atoms with E-state index in [4.69, 9.17) is 19.4 Å². The number of rotatable bonds is 12. The SMILES string of the molecule is COC(=O)N[C@H](C(=O)N1CCC[C@H]1c1nc2ccc([C@H]3CC[C@H](c4ccc5nc([C@@H]6CCCN6C(=O)[C@@H](NC(=O)OC)C(C)C)[nH]c5c4)N3c3cc(F)c(N4CCC(C)CC4)c(F)c3)cc2[nH]1)C(C)C. The van der Waals surface area contributed by atoms with Crippen LogP contribution in [-0.2, 0) is 19.1 Å². The van der Waals surface area contributed by atoms with Gasteiger partial charge in [-0.15, -0.1) is 0 Å². The van der Waals surface area contributed by atoms with Gasteiger partial charge < -0.3 is 49.7 Å². The van der Waals surface area contributed by atoms with Crippen molar-refractivity contribution in [3.05, 3.63) is 82.9 Å². The van der Waals surface area contributed by atoms with Gasteiger partial charge in [0.05, 0.1) is 60.5 Å².